The van der Waals surface area contributed by atoms with Crippen LogP contribution in [-0.2, 0) is 4.79 Å². The molecule has 110 valence electrons. The number of benzene rings is 1. The highest BCUT2D eigenvalue weighted by Crippen LogP contribution is 2.34. The molecule has 4 heteroatoms. The van der Waals surface area contributed by atoms with E-state index in [2.05, 4.69) is 29.7 Å². The second-order valence-electron chi connectivity index (χ2n) is 5.27. The standard InChI is InChI=1S/C16H24N2OS/c1-2-11-17-12-16(19)18-13-7-9-15(10-8-13)20-14-5-3-4-6-14/h7-10,14,17H,2-6,11-12H2,1H3,(H,18,19). The maximum Gasteiger partial charge on any atom is 0.238 e. The lowest BCUT2D eigenvalue weighted by Crippen LogP contribution is -2.28. The van der Waals surface area contributed by atoms with E-state index in [1.807, 2.05) is 23.9 Å². The highest BCUT2D eigenvalue weighted by molar-refractivity contribution is 8.00. The van der Waals surface area contributed by atoms with Crippen molar-refractivity contribution in [2.45, 2.75) is 49.2 Å². The van der Waals surface area contributed by atoms with E-state index >= 15 is 0 Å². The zero-order chi connectivity index (χ0) is 14.2. The Morgan fingerprint density at radius 1 is 1.25 bits per heavy atom. The number of rotatable bonds is 7. The lowest BCUT2D eigenvalue weighted by molar-refractivity contribution is -0.115. The van der Waals surface area contributed by atoms with Crippen LogP contribution in [0.1, 0.15) is 39.0 Å². The molecule has 1 aromatic carbocycles. The van der Waals surface area contributed by atoms with Crippen LogP contribution in [0.25, 0.3) is 0 Å². The summed E-state index contributed by atoms with van der Waals surface area (Å²) in [6.07, 6.45) is 6.46. The second-order valence-corrected chi connectivity index (χ2v) is 6.65. The molecule has 2 N–H and O–H groups in total. The van der Waals surface area contributed by atoms with Gasteiger partial charge in [0.2, 0.25) is 5.91 Å². The number of carbonyl (C=O) groups excluding carboxylic acids is 1. The van der Waals surface area contributed by atoms with Crippen LogP contribution in [0.3, 0.4) is 0 Å². The Morgan fingerprint density at radius 2 is 1.95 bits per heavy atom. The SMILES string of the molecule is CCCNCC(=O)Nc1ccc(SC2CCCC2)cc1. The Labute approximate surface area is 125 Å². The number of nitrogens with one attached hydrogen (secondary N) is 2. The lowest BCUT2D eigenvalue weighted by Gasteiger charge is -2.10. The van der Waals surface area contributed by atoms with Crippen molar-refractivity contribution in [2.24, 2.45) is 0 Å². The topological polar surface area (TPSA) is 41.1 Å². The predicted octanol–water partition coefficient (Wildman–Crippen LogP) is 3.66. The molecule has 1 aliphatic carbocycles. The van der Waals surface area contributed by atoms with Gasteiger partial charge in [0.1, 0.15) is 0 Å². The third-order valence-electron chi connectivity index (χ3n) is 3.46. The Kier molecular flexibility index (Phi) is 6.40. The number of hydrogen-bond acceptors (Lipinski definition) is 3. The summed E-state index contributed by atoms with van der Waals surface area (Å²) in [6, 6.07) is 8.21. The van der Waals surface area contributed by atoms with Crippen LogP contribution in [-0.4, -0.2) is 24.2 Å². The van der Waals surface area contributed by atoms with Gasteiger partial charge in [-0.3, -0.25) is 4.79 Å². The van der Waals surface area contributed by atoms with Gasteiger partial charge in [0, 0.05) is 15.8 Å². The fourth-order valence-electron chi connectivity index (χ4n) is 2.40. The molecule has 0 saturated heterocycles. The van der Waals surface area contributed by atoms with Gasteiger partial charge in [-0.15, -0.1) is 11.8 Å². The van der Waals surface area contributed by atoms with E-state index in [-0.39, 0.29) is 5.91 Å². The predicted molar refractivity (Wildman–Crippen MR) is 86.3 cm³/mol. The molecule has 0 unspecified atom stereocenters. The maximum atomic E-state index is 11.7. The molecule has 0 bridgehead atoms. The van der Waals surface area contributed by atoms with Crippen LogP contribution in [0.4, 0.5) is 5.69 Å². The highest BCUT2D eigenvalue weighted by Gasteiger charge is 2.15. The molecule has 1 fully saturated rings. The number of hydrogen-bond donors (Lipinski definition) is 2. The normalized spacial score (nSPS) is 15.4. The molecule has 20 heavy (non-hydrogen) atoms. The molecular formula is C16H24N2OS. The molecular weight excluding hydrogens is 268 g/mol. The first kappa shape index (κ1) is 15.4. The summed E-state index contributed by atoms with van der Waals surface area (Å²) < 4.78 is 0. The van der Waals surface area contributed by atoms with Crippen molar-refractivity contribution < 1.29 is 4.79 Å². The van der Waals surface area contributed by atoms with Crippen molar-refractivity contribution >= 4 is 23.4 Å². The third-order valence-corrected chi connectivity index (χ3v) is 4.80. The zero-order valence-electron chi connectivity index (χ0n) is 12.2. The summed E-state index contributed by atoms with van der Waals surface area (Å²) >= 11 is 1.97. The molecule has 0 heterocycles. The molecule has 0 aromatic heterocycles. The molecule has 1 amide bonds. The van der Waals surface area contributed by atoms with Gasteiger partial charge < -0.3 is 10.6 Å². The maximum absolute atomic E-state index is 11.7. The lowest BCUT2D eigenvalue weighted by atomic mass is 10.3. The minimum Gasteiger partial charge on any atom is -0.325 e. The second kappa shape index (κ2) is 8.32. The van der Waals surface area contributed by atoms with Gasteiger partial charge in [0.05, 0.1) is 6.54 Å². The number of amides is 1. The summed E-state index contributed by atoms with van der Waals surface area (Å²) in [6.45, 7) is 3.35. The highest BCUT2D eigenvalue weighted by atomic mass is 32.2. The van der Waals surface area contributed by atoms with E-state index in [9.17, 15) is 4.79 Å². The molecule has 1 saturated carbocycles. The van der Waals surface area contributed by atoms with Crippen molar-refractivity contribution in [3.05, 3.63) is 24.3 Å². The number of carbonyl (C=O) groups is 1. The van der Waals surface area contributed by atoms with Crippen LogP contribution >= 0.6 is 11.8 Å². The summed E-state index contributed by atoms with van der Waals surface area (Å²) in [5.41, 5.74) is 0.879. The summed E-state index contributed by atoms with van der Waals surface area (Å²) in [7, 11) is 0. The van der Waals surface area contributed by atoms with E-state index in [0.717, 1.165) is 23.9 Å². The van der Waals surface area contributed by atoms with E-state index in [1.165, 1.54) is 30.6 Å². The van der Waals surface area contributed by atoms with E-state index in [0.29, 0.717) is 6.54 Å². The van der Waals surface area contributed by atoms with E-state index in [1.54, 1.807) is 0 Å². The Balaban J connectivity index is 1.77. The summed E-state index contributed by atoms with van der Waals surface area (Å²) in [4.78, 5) is 13.0. The van der Waals surface area contributed by atoms with Gasteiger partial charge in [-0.2, -0.15) is 0 Å². The van der Waals surface area contributed by atoms with Gasteiger partial charge >= 0.3 is 0 Å². The fraction of sp³-hybridized carbons (Fsp3) is 0.562. The van der Waals surface area contributed by atoms with Crippen molar-refractivity contribution in [3.63, 3.8) is 0 Å². The van der Waals surface area contributed by atoms with E-state index < -0.39 is 0 Å². The minimum atomic E-state index is 0.0228. The first-order valence-corrected chi connectivity index (χ1v) is 8.43. The smallest absolute Gasteiger partial charge is 0.238 e. The van der Waals surface area contributed by atoms with Crippen LogP contribution in [0, 0.1) is 0 Å². The quantitative estimate of drug-likeness (QED) is 0.754. The average Bonchev–Trinajstić information content (AvgIpc) is 2.94. The summed E-state index contributed by atoms with van der Waals surface area (Å²) in [5.74, 6) is 0.0228. The number of thioether (sulfide) groups is 1. The van der Waals surface area contributed by atoms with E-state index in [4.69, 9.17) is 0 Å². The molecule has 2 rings (SSSR count). The van der Waals surface area contributed by atoms with Crippen LogP contribution < -0.4 is 10.6 Å². The minimum absolute atomic E-state index is 0.0228. The number of anilines is 1. The first-order valence-electron chi connectivity index (χ1n) is 7.55. The molecule has 0 atom stereocenters. The van der Waals surface area contributed by atoms with Crippen LogP contribution in [0.2, 0.25) is 0 Å². The Bertz CT molecular complexity index is 413. The molecule has 0 spiro atoms. The fourth-order valence-corrected chi connectivity index (χ4v) is 3.65. The van der Waals surface area contributed by atoms with Gasteiger partial charge in [0.15, 0.2) is 0 Å². The monoisotopic (exact) mass is 292 g/mol. The first-order chi connectivity index (χ1) is 9.78. The van der Waals surface area contributed by atoms with Crippen molar-refractivity contribution in [3.8, 4) is 0 Å². The van der Waals surface area contributed by atoms with Gasteiger partial charge in [0.25, 0.3) is 0 Å². The van der Waals surface area contributed by atoms with Crippen molar-refractivity contribution in [2.75, 3.05) is 18.4 Å². The average molecular weight is 292 g/mol. The molecule has 0 radical (unpaired) electrons. The van der Waals surface area contributed by atoms with Crippen LogP contribution in [0.5, 0.6) is 0 Å². The largest absolute Gasteiger partial charge is 0.325 e. The van der Waals surface area contributed by atoms with Gasteiger partial charge in [-0.25, -0.2) is 0 Å². The third kappa shape index (κ3) is 5.17. The molecule has 1 aromatic rings. The molecule has 1 aliphatic rings. The molecule has 3 nitrogen and oxygen atoms in total. The van der Waals surface area contributed by atoms with Gasteiger partial charge in [-0.1, -0.05) is 19.8 Å². The van der Waals surface area contributed by atoms with Gasteiger partial charge in [-0.05, 0) is 50.1 Å². The summed E-state index contributed by atoms with van der Waals surface area (Å²) in [5, 5.41) is 6.80. The van der Waals surface area contributed by atoms with Crippen molar-refractivity contribution in [1.82, 2.24) is 5.32 Å². The molecule has 0 aliphatic heterocycles. The van der Waals surface area contributed by atoms with Crippen LogP contribution in [0.15, 0.2) is 29.2 Å². The van der Waals surface area contributed by atoms with Crippen molar-refractivity contribution in [1.29, 1.82) is 0 Å². The Hall–Kier alpha value is -1.00. The Morgan fingerprint density at radius 3 is 2.60 bits per heavy atom. The zero-order valence-corrected chi connectivity index (χ0v) is 13.0.